The van der Waals surface area contributed by atoms with Crippen molar-refractivity contribution in [1.82, 2.24) is 4.31 Å². The van der Waals surface area contributed by atoms with Crippen molar-refractivity contribution in [3.8, 4) is 6.07 Å². The largest absolute Gasteiger partial charge is 0.369 e. The Kier molecular flexibility index (Phi) is 5.06. The molecule has 0 aliphatic heterocycles. The van der Waals surface area contributed by atoms with Crippen molar-refractivity contribution in [2.24, 2.45) is 5.73 Å². The molecule has 0 heterocycles. The van der Waals surface area contributed by atoms with Gasteiger partial charge in [0.15, 0.2) is 0 Å². The van der Waals surface area contributed by atoms with Gasteiger partial charge in [-0.05, 0) is 31.0 Å². The van der Waals surface area contributed by atoms with E-state index in [2.05, 4.69) is 0 Å². The molecule has 0 atom stereocenters. The van der Waals surface area contributed by atoms with Crippen LogP contribution in [0.15, 0.2) is 23.1 Å². The molecule has 8 heteroatoms. The molecule has 2 N–H and O–H groups in total. The van der Waals surface area contributed by atoms with Crippen LogP contribution in [0, 0.1) is 11.3 Å². The molecule has 1 fully saturated rings. The third kappa shape index (κ3) is 3.40. The molecule has 0 unspecified atom stereocenters. The number of hydrogen-bond acceptors (Lipinski definition) is 4. The standard InChI is InChI=1S/C14H16ClN3O3S/c15-13-7-12(6-5-10(13)8-16)22(20,21)18(9-14(17)19)11-3-1-2-4-11/h5-7,11H,1-4,9H2,(H2,17,19). The summed E-state index contributed by atoms with van der Waals surface area (Å²) in [6.07, 6.45) is 3.25. The number of rotatable bonds is 5. The van der Waals surface area contributed by atoms with Gasteiger partial charge in [-0.25, -0.2) is 8.42 Å². The average Bonchev–Trinajstić information content (AvgIpc) is 2.98. The summed E-state index contributed by atoms with van der Waals surface area (Å²) >= 11 is 5.91. The van der Waals surface area contributed by atoms with Crippen molar-refractivity contribution >= 4 is 27.5 Å². The molecule has 0 radical (unpaired) electrons. The summed E-state index contributed by atoms with van der Waals surface area (Å²) in [5.74, 6) is -0.699. The number of carbonyl (C=O) groups is 1. The Bertz CT molecular complexity index is 721. The van der Waals surface area contributed by atoms with Crippen molar-refractivity contribution in [2.45, 2.75) is 36.6 Å². The van der Waals surface area contributed by atoms with Crippen molar-refractivity contribution in [3.63, 3.8) is 0 Å². The maximum absolute atomic E-state index is 12.8. The summed E-state index contributed by atoms with van der Waals surface area (Å²) in [6.45, 7) is -0.357. The monoisotopic (exact) mass is 341 g/mol. The van der Waals surface area contributed by atoms with Crippen LogP contribution >= 0.6 is 11.6 Å². The summed E-state index contributed by atoms with van der Waals surface area (Å²) in [5, 5.41) is 8.92. The van der Waals surface area contributed by atoms with E-state index in [0.717, 1.165) is 17.1 Å². The number of primary amides is 1. The van der Waals surface area contributed by atoms with E-state index in [-0.39, 0.29) is 28.1 Å². The van der Waals surface area contributed by atoms with Crippen molar-refractivity contribution in [3.05, 3.63) is 28.8 Å². The summed E-state index contributed by atoms with van der Waals surface area (Å²) < 4.78 is 26.7. The zero-order valence-corrected chi connectivity index (χ0v) is 13.4. The minimum atomic E-state index is -3.89. The Labute approximate surface area is 134 Å². The molecule has 1 aliphatic rings. The van der Waals surface area contributed by atoms with E-state index in [1.165, 1.54) is 18.2 Å². The van der Waals surface area contributed by atoms with E-state index in [9.17, 15) is 13.2 Å². The van der Waals surface area contributed by atoms with Crippen molar-refractivity contribution in [1.29, 1.82) is 5.26 Å². The molecule has 118 valence electrons. The minimum absolute atomic E-state index is 0.0374. The fourth-order valence-electron chi connectivity index (χ4n) is 2.64. The molecule has 1 amide bonds. The minimum Gasteiger partial charge on any atom is -0.369 e. The molecular formula is C14H16ClN3O3S. The lowest BCUT2D eigenvalue weighted by Gasteiger charge is -2.27. The number of amides is 1. The van der Waals surface area contributed by atoms with Gasteiger partial charge < -0.3 is 5.73 Å². The van der Waals surface area contributed by atoms with Gasteiger partial charge in [0.2, 0.25) is 15.9 Å². The fraction of sp³-hybridized carbons (Fsp3) is 0.429. The highest BCUT2D eigenvalue weighted by molar-refractivity contribution is 7.89. The van der Waals surface area contributed by atoms with Crippen LogP contribution in [0.5, 0.6) is 0 Å². The van der Waals surface area contributed by atoms with Gasteiger partial charge in [-0.2, -0.15) is 9.57 Å². The van der Waals surface area contributed by atoms with Crippen molar-refractivity contribution < 1.29 is 13.2 Å². The molecule has 0 bridgehead atoms. The first-order valence-electron chi connectivity index (χ1n) is 6.86. The third-order valence-electron chi connectivity index (χ3n) is 3.71. The van der Waals surface area contributed by atoms with Crippen LogP contribution in [0.4, 0.5) is 0 Å². The van der Waals surface area contributed by atoms with Gasteiger partial charge in [-0.3, -0.25) is 4.79 Å². The number of carbonyl (C=O) groups excluding carboxylic acids is 1. The molecule has 22 heavy (non-hydrogen) atoms. The number of nitrogens with two attached hydrogens (primary N) is 1. The maximum atomic E-state index is 12.8. The summed E-state index contributed by atoms with van der Waals surface area (Å²) in [6, 6.07) is 5.56. The van der Waals surface area contributed by atoms with Gasteiger partial charge in [-0.15, -0.1) is 0 Å². The van der Waals surface area contributed by atoms with Gasteiger partial charge in [0.1, 0.15) is 6.07 Å². The molecular weight excluding hydrogens is 326 g/mol. The van der Waals surface area contributed by atoms with E-state index in [0.29, 0.717) is 12.8 Å². The molecule has 1 saturated carbocycles. The zero-order chi connectivity index (χ0) is 16.3. The van der Waals surface area contributed by atoms with E-state index < -0.39 is 15.9 Å². The molecule has 1 aliphatic carbocycles. The smallest absolute Gasteiger partial charge is 0.243 e. The zero-order valence-electron chi connectivity index (χ0n) is 11.8. The lowest BCUT2D eigenvalue weighted by atomic mass is 10.2. The number of sulfonamides is 1. The lowest BCUT2D eigenvalue weighted by molar-refractivity contribution is -0.118. The van der Waals surface area contributed by atoms with Crippen LogP contribution < -0.4 is 5.73 Å². The summed E-state index contributed by atoms with van der Waals surface area (Å²) in [5.41, 5.74) is 5.39. The van der Waals surface area contributed by atoms with Gasteiger partial charge >= 0.3 is 0 Å². The Morgan fingerprint density at radius 3 is 2.55 bits per heavy atom. The summed E-state index contributed by atoms with van der Waals surface area (Å²) in [7, 11) is -3.89. The van der Waals surface area contributed by atoms with E-state index >= 15 is 0 Å². The van der Waals surface area contributed by atoms with Gasteiger partial charge in [0.25, 0.3) is 0 Å². The van der Waals surface area contributed by atoms with E-state index in [4.69, 9.17) is 22.6 Å². The molecule has 1 aromatic rings. The Morgan fingerprint density at radius 2 is 2.05 bits per heavy atom. The fourth-order valence-corrected chi connectivity index (χ4v) is 4.60. The Hall–Kier alpha value is -1.62. The lowest BCUT2D eigenvalue weighted by Crippen LogP contribution is -2.44. The van der Waals surface area contributed by atoms with Crippen LogP contribution in [0.3, 0.4) is 0 Å². The molecule has 1 aromatic carbocycles. The third-order valence-corrected chi connectivity index (χ3v) is 5.92. The predicted molar refractivity (Wildman–Crippen MR) is 81.5 cm³/mol. The van der Waals surface area contributed by atoms with E-state index in [1.807, 2.05) is 6.07 Å². The number of nitriles is 1. The Morgan fingerprint density at radius 1 is 1.41 bits per heavy atom. The van der Waals surface area contributed by atoms with Crippen LogP contribution in [0.25, 0.3) is 0 Å². The number of nitrogens with zero attached hydrogens (tertiary/aromatic N) is 2. The molecule has 0 saturated heterocycles. The molecule has 2 rings (SSSR count). The first-order valence-corrected chi connectivity index (χ1v) is 8.68. The topological polar surface area (TPSA) is 104 Å². The van der Waals surface area contributed by atoms with Gasteiger partial charge in [-0.1, -0.05) is 24.4 Å². The number of hydrogen-bond donors (Lipinski definition) is 1. The molecule has 0 aromatic heterocycles. The first-order chi connectivity index (χ1) is 10.4. The van der Waals surface area contributed by atoms with E-state index in [1.54, 1.807) is 0 Å². The second-order valence-corrected chi connectivity index (χ2v) is 7.51. The predicted octanol–water partition coefficient (Wildman–Crippen LogP) is 1.63. The summed E-state index contributed by atoms with van der Waals surface area (Å²) in [4.78, 5) is 11.2. The SMILES string of the molecule is N#Cc1ccc(S(=O)(=O)N(CC(N)=O)C2CCCC2)cc1Cl. The normalized spacial score (nSPS) is 15.9. The maximum Gasteiger partial charge on any atom is 0.243 e. The van der Waals surface area contributed by atoms with Crippen LogP contribution in [-0.4, -0.2) is 31.2 Å². The van der Waals surface area contributed by atoms with Crippen LogP contribution in [0.1, 0.15) is 31.2 Å². The first kappa shape index (κ1) is 16.7. The second kappa shape index (κ2) is 6.65. The molecule has 6 nitrogen and oxygen atoms in total. The Balaban J connectivity index is 2.42. The highest BCUT2D eigenvalue weighted by Gasteiger charge is 2.34. The molecule has 0 spiro atoms. The highest BCUT2D eigenvalue weighted by Crippen LogP contribution is 2.30. The quantitative estimate of drug-likeness (QED) is 0.878. The number of benzene rings is 1. The van der Waals surface area contributed by atoms with Crippen LogP contribution in [-0.2, 0) is 14.8 Å². The second-order valence-electron chi connectivity index (χ2n) is 5.21. The van der Waals surface area contributed by atoms with Gasteiger partial charge in [0.05, 0.1) is 22.0 Å². The van der Waals surface area contributed by atoms with Crippen LogP contribution in [0.2, 0.25) is 5.02 Å². The van der Waals surface area contributed by atoms with Gasteiger partial charge in [0, 0.05) is 6.04 Å². The van der Waals surface area contributed by atoms with Crippen molar-refractivity contribution in [2.75, 3.05) is 6.54 Å². The number of halogens is 1. The highest BCUT2D eigenvalue weighted by atomic mass is 35.5. The average molecular weight is 342 g/mol.